The van der Waals surface area contributed by atoms with Gasteiger partial charge in [0.1, 0.15) is 0 Å². The summed E-state index contributed by atoms with van der Waals surface area (Å²) in [5, 5.41) is 12.4. The van der Waals surface area contributed by atoms with Crippen LogP contribution in [0.15, 0.2) is 72.8 Å². The van der Waals surface area contributed by atoms with Crippen molar-refractivity contribution in [1.82, 2.24) is 5.32 Å². The zero-order valence-electron chi connectivity index (χ0n) is 16.5. The molecule has 0 saturated carbocycles. The maximum atomic E-state index is 12.9. The van der Waals surface area contributed by atoms with Gasteiger partial charge in [-0.05, 0) is 41.8 Å². The maximum absolute atomic E-state index is 12.9. The lowest BCUT2D eigenvalue weighted by Gasteiger charge is -2.16. The molecule has 2 amide bonds. The quantitative estimate of drug-likeness (QED) is 0.701. The monoisotopic (exact) mass is 395 g/mol. The summed E-state index contributed by atoms with van der Waals surface area (Å²) in [5.41, 5.74) is 4.38. The van der Waals surface area contributed by atoms with Gasteiger partial charge in [-0.2, -0.15) is 5.26 Å². The van der Waals surface area contributed by atoms with Crippen molar-refractivity contribution in [1.29, 1.82) is 5.26 Å². The Morgan fingerprint density at radius 2 is 1.67 bits per heavy atom. The van der Waals surface area contributed by atoms with E-state index in [0.717, 1.165) is 35.3 Å². The van der Waals surface area contributed by atoms with E-state index in [1.54, 1.807) is 17.0 Å². The number of benzene rings is 3. The molecule has 1 saturated heterocycles. The third kappa shape index (κ3) is 3.94. The van der Waals surface area contributed by atoms with E-state index in [4.69, 9.17) is 0 Å². The Balaban J connectivity index is 1.49. The predicted octanol–water partition coefficient (Wildman–Crippen LogP) is 4.28. The summed E-state index contributed by atoms with van der Waals surface area (Å²) < 4.78 is 0. The molecule has 0 aromatic heterocycles. The van der Waals surface area contributed by atoms with Crippen molar-refractivity contribution in [2.24, 2.45) is 0 Å². The van der Waals surface area contributed by atoms with Gasteiger partial charge in [0.2, 0.25) is 5.91 Å². The largest absolute Gasteiger partial charge is 0.348 e. The van der Waals surface area contributed by atoms with Crippen LogP contribution in [0.25, 0.3) is 11.1 Å². The summed E-state index contributed by atoms with van der Waals surface area (Å²) in [6, 6.07) is 24.4. The van der Waals surface area contributed by atoms with Crippen molar-refractivity contribution in [3.05, 3.63) is 89.5 Å². The van der Waals surface area contributed by atoms with Gasteiger partial charge >= 0.3 is 0 Å². The number of carbonyl (C=O) groups is 2. The first-order valence-corrected chi connectivity index (χ1v) is 9.93. The normalized spacial score (nSPS) is 13.2. The number of nitrogens with one attached hydrogen (secondary N) is 1. The third-order valence-electron chi connectivity index (χ3n) is 5.28. The average Bonchev–Trinajstić information content (AvgIpc) is 3.23. The van der Waals surface area contributed by atoms with Crippen LogP contribution in [0.5, 0.6) is 0 Å². The Labute approximate surface area is 175 Å². The van der Waals surface area contributed by atoms with E-state index < -0.39 is 0 Å². The van der Waals surface area contributed by atoms with Crippen LogP contribution in [0.4, 0.5) is 5.69 Å². The second-order valence-corrected chi connectivity index (χ2v) is 7.20. The zero-order valence-corrected chi connectivity index (χ0v) is 16.5. The Morgan fingerprint density at radius 1 is 0.967 bits per heavy atom. The molecule has 148 valence electrons. The molecule has 5 nitrogen and oxygen atoms in total. The lowest BCUT2D eigenvalue weighted by atomic mass is 9.95. The van der Waals surface area contributed by atoms with Crippen LogP contribution in [-0.2, 0) is 11.3 Å². The number of hydrogen-bond donors (Lipinski definition) is 1. The van der Waals surface area contributed by atoms with Gasteiger partial charge in [0.25, 0.3) is 5.91 Å². The molecule has 1 aliphatic rings. The van der Waals surface area contributed by atoms with Gasteiger partial charge in [-0.3, -0.25) is 9.59 Å². The summed E-state index contributed by atoms with van der Waals surface area (Å²) in [4.78, 5) is 26.6. The lowest BCUT2D eigenvalue weighted by Crippen LogP contribution is -2.24. The van der Waals surface area contributed by atoms with Crippen molar-refractivity contribution in [2.45, 2.75) is 19.4 Å². The molecule has 0 bridgehead atoms. The van der Waals surface area contributed by atoms with Crippen LogP contribution < -0.4 is 10.2 Å². The van der Waals surface area contributed by atoms with Gasteiger partial charge < -0.3 is 10.2 Å². The van der Waals surface area contributed by atoms with Gasteiger partial charge in [0, 0.05) is 36.3 Å². The highest BCUT2D eigenvalue weighted by molar-refractivity contribution is 6.01. The molecule has 1 aliphatic heterocycles. The van der Waals surface area contributed by atoms with Gasteiger partial charge in [0.15, 0.2) is 0 Å². The molecule has 0 radical (unpaired) electrons. The first-order valence-electron chi connectivity index (χ1n) is 9.93. The smallest absolute Gasteiger partial charge is 0.252 e. The summed E-state index contributed by atoms with van der Waals surface area (Å²) in [6.45, 7) is 1.14. The van der Waals surface area contributed by atoms with E-state index in [1.165, 1.54) is 0 Å². The van der Waals surface area contributed by atoms with Crippen LogP contribution in [0.3, 0.4) is 0 Å². The van der Waals surface area contributed by atoms with E-state index in [9.17, 15) is 14.9 Å². The second kappa shape index (κ2) is 8.62. The third-order valence-corrected chi connectivity index (χ3v) is 5.28. The van der Waals surface area contributed by atoms with Crippen LogP contribution in [0, 0.1) is 11.3 Å². The molecule has 4 rings (SSSR count). The van der Waals surface area contributed by atoms with E-state index in [2.05, 4.69) is 11.4 Å². The standard InChI is InChI=1S/C25H21N3O2/c26-16-19-6-1-2-7-21(19)22-8-3-4-9-23(22)25(30)27-17-18-11-13-20(14-12-18)28-15-5-10-24(28)29/h1-4,6-9,11-14H,5,10,15,17H2,(H,27,30). The van der Waals surface area contributed by atoms with Gasteiger partial charge in [-0.1, -0.05) is 48.5 Å². The molecule has 1 fully saturated rings. The maximum Gasteiger partial charge on any atom is 0.252 e. The number of hydrogen-bond acceptors (Lipinski definition) is 3. The molecule has 30 heavy (non-hydrogen) atoms. The second-order valence-electron chi connectivity index (χ2n) is 7.20. The molecule has 1 N–H and O–H groups in total. The molecule has 0 unspecified atom stereocenters. The summed E-state index contributed by atoms with van der Waals surface area (Å²) in [5.74, 6) is -0.0394. The lowest BCUT2D eigenvalue weighted by molar-refractivity contribution is -0.117. The average molecular weight is 395 g/mol. The molecule has 5 heteroatoms. The Kier molecular flexibility index (Phi) is 5.58. The number of anilines is 1. The van der Waals surface area contributed by atoms with Gasteiger partial charge in [-0.15, -0.1) is 0 Å². The van der Waals surface area contributed by atoms with Crippen LogP contribution in [0.1, 0.15) is 34.3 Å². The van der Waals surface area contributed by atoms with Gasteiger partial charge in [-0.25, -0.2) is 0 Å². The number of amides is 2. The fourth-order valence-electron chi connectivity index (χ4n) is 3.72. The van der Waals surface area contributed by atoms with Crippen molar-refractivity contribution in [2.75, 3.05) is 11.4 Å². The molecule has 3 aromatic rings. The number of nitrogens with zero attached hydrogens (tertiary/aromatic N) is 2. The highest BCUT2D eigenvalue weighted by atomic mass is 16.2. The van der Waals surface area contributed by atoms with Gasteiger partial charge in [0.05, 0.1) is 11.6 Å². The Morgan fingerprint density at radius 3 is 2.37 bits per heavy atom. The first kappa shape index (κ1) is 19.4. The summed E-state index contributed by atoms with van der Waals surface area (Å²) in [6.07, 6.45) is 1.50. The minimum absolute atomic E-state index is 0.158. The van der Waals surface area contributed by atoms with Crippen molar-refractivity contribution in [3.8, 4) is 17.2 Å². The zero-order chi connectivity index (χ0) is 20.9. The minimum Gasteiger partial charge on any atom is -0.348 e. The van der Waals surface area contributed by atoms with E-state index in [-0.39, 0.29) is 11.8 Å². The van der Waals surface area contributed by atoms with Crippen LogP contribution >= 0.6 is 0 Å². The van der Waals surface area contributed by atoms with E-state index in [0.29, 0.717) is 24.1 Å². The fourth-order valence-corrected chi connectivity index (χ4v) is 3.72. The minimum atomic E-state index is -0.197. The Bertz CT molecular complexity index is 1130. The highest BCUT2D eigenvalue weighted by Gasteiger charge is 2.21. The molecule has 1 heterocycles. The summed E-state index contributed by atoms with van der Waals surface area (Å²) >= 11 is 0. The molecular weight excluding hydrogens is 374 g/mol. The Hall–Kier alpha value is -3.91. The van der Waals surface area contributed by atoms with Crippen molar-refractivity contribution < 1.29 is 9.59 Å². The van der Waals surface area contributed by atoms with E-state index in [1.807, 2.05) is 60.7 Å². The SMILES string of the molecule is N#Cc1ccccc1-c1ccccc1C(=O)NCc1ccc(N2CCCC2=O)cc1. The number of rotatable bonds is 5. The highest BCUT2D eigenvalue weighted by Crippen LogP contribution is 2.27. The molecule has 0 aliphatic carbocycles. The summed E-state index contributed by atoms with van der Waals surface area (Å²) in [7, 11) is 0. The molecular formula is C25H21N3O2. The van der Waals surface area contributed by atoms with Crippen molar-refractivity contribution >= 4 is 17.5 Å². The topological polar surface area (TPSA) is 73.2 Å². The van der Waals surface area contributed by atoms with Crippen LogP contribution in [-0.4, -0.2) is 18.4 Å². The predicted molar refractivity (Wildman–Crippen MR) is 116 cm³/mol. The number of carbonyl (C=O) groups excluding carboxylic acids is 2. The van der Waals surface area contributed by atoms with E-state index >= 15 is 0 Å². The first-order chi connectivity index (χ1) is 14.7. The fraction of sp³-hybridized carbons (Fsp3) is 0.160. The molecule has 0 spiro atoms. The molecule has 3 aromatic carbocycles. The number of nitriles is 1. The van der Waals surface area contributed by atoms with Crippen LogP contribution in [0.2, 0.25) is 0 Å². The molecule has 0 atom stereocenters. The van der Waals surface area contributed by atoms with Crippen molar-refractivity contribution in [3.63, 3.8) is 0 Å².